The third-order valence-electron chi connectivity index (χ3n) is 3.84. The van der Waals surface area contributed by atoms with Crippen molar-refractivity contribution in [2.75, 3.05) is 14.2 Å². The van der Waals surface area contributed by atoms with Gasteiger partial charge in [0.15, 0.2) is 16.3 Å². The van der Waals surface area contributed by atoms with Gasteiger partial charge in [-0.25, -0.2) is 0 Å². The van der Waals surface area contributed by atoms with Gasteiger partial charge >= 0.3 is 0 Å². The standard InChI is InChI=1S/C18H16Cl2N2O3S/c1-4-22-15-12(20)8-10(19)9-14(15)26-18(22)21-17(23)11-6-5-7-13(24-2)16(11)25-3/h5-9H,4H2,1-3H3. The molecule has 8 heteroatoms. The van der Waals surface area contributed by atoms with Gasteiger partial charge in [-0.2, -0.15) is 4.99 Å². The van der Waals surface area contributed by atoms with Crippen molar-refractivity contribution in [3.63, 3.8) is 0 Å². The van der Waals surface area contributed by atoms with Crippen molar-refractivity contribution in [1.29, 1.82) is 0 Å². The van der Waals surface area contributed by atoms with Gasteiger partial charge in [-0.15, -0.1) is 0 Å². The lowest BCUT2D eigenvalue weighted by Crippen LogP contribution is -2.16. The predicted molar refractivity (Wildman–Crippen MR) is 105 cm³/mol. The highest BCUT2D eigenvalue weighted by Gasteiger charge is 2.17. The molecule has 0 spiro atoms. The van der Waals surface area contributed by atoms with E-state index >= 15 is 0 Å². The van der Waals surface area contributed by atoms with Crippen molar-refractivity contribution in [1.82, 2.24) is 4.57 Å². The number of hydrogen-bond donors (Lipinski definition) is 0. The van der Waals surface area contributed by atoms with Crippen LogP contribution in [0.4, 0.5) is 0 Å². The van der Waals surface area contributed by atoms with Crippen LogP contribution in [0.3, 0.4) is 0 Å². The lowest BCUT2D eigenvalue weighted by molar-refractivity contribution is 0.0994. The molecule has 0 aliphatic heterocycles. The SMILES string of the molecule is CCn1c(=NC(=O)c2cccc(OC)c2OC)sc2cc(Cl)cc(Cl)c21. The fraction of sp³-hybridized carbons (Fsp3) is 0.222. The van der Waals surface area contributed by atoms with Crippen LogP contribution in [-0.2, 0) is 6.54 Å². The fourth-order valence-corrected chi connectivity index (χ4v) is 4.59. The topological polar surface area (TPSA) is 52.8 Å². The Hall–Kier alpha value is -2.02. The molecule has 0 saturated carbocycles. The average molecular weight is 411 g/mol. The summed E-state index contributed by atoms with van der Waals surface area (Å²) in [5, 5.41) is 1.07. The molecule has 3 aromatic rings. The minimum Gasteiger partial charge on any atom is -0.493 e. The van der Waals surface area contributed by atoms with Crippen molar-refractivity contribution in [3.8, 4) is 11.5 Å². The molecule has 0 aliphatic carbocycles. The number of thiazole rings is 1. The van der Waals surface area contributed by atoms with E-state index < -0.39 is 5.91 Å². The van der Waals surface area contributed by atoms with Gasteiger partial charge < -0.3 is 14.0 Å². The Morgan fingerprint density at radius 3 is 2.65 bits per heavy atom. The molecular weight excluding hydrogens is 395 g/mol. The molecule has 3 rings (SSSR count). The quantitative estimate of drug-likeness (QED) is 0.621. The molecule has 0 aliphatic rings. The number of hydrogen-bond acceptors (Lipinski definition) is 4. The summed E-state index contributed by atoms with van der Waals surface area (Å²) >= 11 is 13.8. The smallest absolute Gasteiger partial charge is 0.283 e. The Morgan fingerprint density at radius 2 is 2.00 bits per heavy atom. The summed E-state index contributed by atoms with van der Waals surface area (Å²) in [6.45, 7) is 2.58. The highest BCUT2D eigenvalue weighted by atomic mass is 35.5. The summed E-state index contributed by atoms with van der Waals surface area (Å²) in [6, 6.07) is 8.60. The molecule has 26 heavy (non-hydrogen) atoms. The van der Waals surface area contributed by atoms with Gasteiger partial charge in [0.2, 0.25) is 0 Å². The van der Waals surface area contributed by atoms with Gasteiger partial charge in [-0.1, -0.05) is 40.6 Å². The molecule has 0 atom stereocenters. The lowest BCUT2D eigenvalue weighted by Gasteiger charge is -2.10. The molecule has 1 heterocycles. The number of aryl methyl sites for hydroxylation is 1. The number of para-hydroxylation sites is 1. The maximum absolute atomic E-state index is 12.8. The molecular formula is C18H16Cl2N2O3S. The van der Waals surface area contributed by atoms with Gasteiger partial charge in [0.25, 0.3) is 5.91 Å². The first-order valence-corrected chi connectivity index (χ1v) is 9.35. The monoisotopic (exact) mass is 410 g/mol. The Morgan fingerprint density at radius 1 is 1.23 bits per heavy atom. The van der Waals surface area contributed by atoms with Crippen molar-refractivity contribution in [2.45, 2.75) is 13.5 Å². The van der Waals surface area contributed by atoms with E-state index in [0.29, 0.717) is 38.5 Å². The number of carbonyl (C=O) groups is 1. The van der Waals surface area contributed by atoms with Crippen molar-refractivity contribution < 1.29 is 14.3 Å². The van der Waals surface area contributed by atoms with Crippen LogP contribution in [-0.4, -0.2) is 24.7 Å². The Balaban J connectivity index is 2.20. The summed E-state index contributed by atoms with van der Waals surface area (Å²) in [5.74, 6) is 0.411. The van der Waals surface area contributed by atoms with Crippen molar-refractivity contribution in [3.05, 3.63) is 50.7 Å². The van der Waals surface area contributed by atoms with Crippen LogP contribution in [0, 0.1) is 0 Å². The van der Waals surface area contributed by atoms with E-state index in [1.54, 1.807) is 24.3 Å². The van der Waals surface area contributed by atoms with Gasteiger partial charge in [0, 0.05) is 11.6 Å². The van der Waals surface area contributed by atoms with E-state index in [0.717, 1.165) is 10.2 Å². The van der Waals surface area contributed by atoms with E-state index in [9.17, 15) is 4.79 Å². The van der Waals surface area contributed by atoms with Crippen LogP contribution in [0.1, 0.15) is 17.3 Å². The van der Waals surface area contributed by atoms with Gasteiger partial charge in [0.05, 0.1) is 35.0 Å². The molecule has 0 saturated heterocycles. The van der Waals surface area contributed by atoms with Crippen LogP contribution < -0.4 is 14.3 Å². The second-order valence-electron chi connectivity index (χ2n) is 5.32. The average Bonchev–Trinajstić information content (AvgIpc) is 2.97. The Kier molecular flexibility index (Phi) is 5.55. The zero-order valence-corrected chi connectivity index (χ0v) is 16.7. The molecule has 0 bridgehead atoms. The normalized spacial score (nSPS) is 11.8. The molecule has 0 unspecified atom stereocenters. The number of benzene rings is 2. The van der Waals surface area contributed by atoms with Gasteiger partial charge in [-0.05, 0) is 31.2 Å². The van der Waals surface area contributed by atoms with Crippen LogP contribution in [0.2, 0.25) is 10.0 Å². The van der Waals surface area contributed by atoms with E-state index in [1.807, 2.05) is 17.6 Å². The Bertz CT molecular complexity index is 1060. The summed E-state index contributed by atoms with van der Waals surface area (Å²) in [7, 11) is 3.01. The first-order chi connectivity index (χ1) is 12.5. The predicted octanol–water partition coefficient (Wildman–Crippen LogP) is 4.79. The third-order valence-corrected chi connectivity index (χ3v) is 5.37. The molecule has 1 aromatic heterocycles. The number of rotatable bonds is 4. The molecule has 5 nitrogen and oxygen atoms in total. The molecule has 0 N–H and O–H groups in total. The van der Waals surface area contributed by atoms with E-state index in [4.69, 9.17) is 32.7 Å². The largest absolute Gasteiger partial charge is 0.493 e. The lowest BCUT2D eigenvalue weighted by atomic mass is 10.2. The summed E-state index contributed by atoms with van der Waals surface area (Å²) in [4.78, 5) is 17.6. The summed E-state index contributed by atoms with van der Waals surface area (Å²) in [5.41, 5.74) is 1.14. The maximum atomic E-state index is 12.8. The number of carbonyl (C=O) groups excluding carboxylic acids is 1. The summed E-state index contributed by atoms with van der Waals surface area (Å²) < 4.78 is 13.3. The second-order valence-corrected chi connectivity index (χ2v) is 7.17. The van der Waals surface area contributed by atoms with Gasteiger partial charge in [-0.3, -0.25) is 4.79 Å². The molecule has 2 aromatic carbocycles. The number of nitrogens with zero attached hydrogens (tertiary/aromatic N) is 2. The highest BCUT2D eigenvalue weighted by molar-refractivity contribution is 7.16. The number of amides is 1. The van der Waals surface area contributed by atoms with Crippen molar-refractivity contribution >= 4 is 50.7 Å². The highest BCUT2D eigenvalue weighted by Crippen LogP contribution is 2.32. The van der Waals surface area contributed by atoms with Crippen LogP contribution in [0.5, 0.6) is 11.5 Å². The number of ether oxygens (including phenoxy) is 2. The number of aromatic nitrogens is 1. The minimum atomic E-state index is -0.420. The van der Waals surface area contributed by atoms with Crippen LogP contribution in [0.25, 0.3) is 10.2 Å². The van der Waals surface area contributed by atoms with E-state index in [-0.39, 0.29) is 0 Å². The maximum Gasteiger partial charge on any atom is 0.283 e. The molecule has 1 amide bonds. The van der Waals surface area contributed by atoms with Crippen LogP contribution >= 0.6 is 34.5 Å². The first-order valence-electron chi connectivity index (χ1n) is 7.78. The van der Waals surface area contributed by atoms with E-state index in [2.05, 4.69) is 4.99 Å². The fourth-order valence-electron chi connectivity index (χ4n) is 2.71. The Labute approximate surface area is 164 Å². The summed E-state index contributed by atoms with van der Waals surface area (Å²) in [6.07, 6.45) is 0. The van der Waals surface area contributed by atoms with Gasteiger partial charge in [0.1, 0.15) is 0 Å². The number of halogens is 2. The molecule has 0 radical (unpaired) electrons. The second kappa shape index (κ2) is 7.70. The third kappa shape index (κ3) is 3.32. The number of methoxy groups -OCH3 is 2. The molecule has 136 valence electrons. The zero-order chi connectivity index (χ0) is 18.8. The van der Waals surface area contributed by atoms with Crippen LogP contribution in [0.15, 0.2) is 35.3 Å². The number of fused-ring (bicyclic) bond motifs is 1. The first kappa shape index (κ1) is 18.8. The minimum absolute atomic E-state index is 0.330. The van der Waals surface area contributed by atoms with Crippen molar-refractivity contribution in [2.24, 2.45) is 4.99 Å². The zero-order valence-electron chi connectivity index (χ0n) is 14.4. The molecule has 0 fully saturated rings. The van der Waals surface area contributed by atoms with E-state index in [1.165, 1.54) is 25.6 Å².